The van der Waals surface area contributed by atoms with Crippen molar-refractivity contribution >= 4 is 39.1 Å². The van der Waals surface area contributed by atoms with E-state index in [4.69, 9.17) is 28.9 Å². The second kappa shape index (κ2) is 6.27. The molecule has 2 aromatic carbocycles. The lowest BCUT2D eigenvalue weighted by atomic mass is 9.98. The van der Waals surface area contributed by atoms with Crippen molar-refractivity contribution in [3.63, 3.8) is 0 Å². The van der Waals surface area contributed by atoms with E-state index in [9.17, 15) is 0 Å². The molecule has 19 heavy (non-hydrogen) atoms. The second-order valence-corrected chi connectivity index (χ2v) is 6.37. The Kier molecular flexibility index (Phi) is 4.91. The largest absolute Gasteiger partial charge is 0.324 e. The van der Waals surface area contributed by atoms with Crippen LogP contribution in [0.4, 0.5) is 0 Å². The minimum absolute atomic E-state index is 0.115. The summed E-state index contributed by atoms with van der Waals surface area (Å²) >= 11 is 15.7. The first-order valence-electron chi connectivity index (χ1n) is 5.92. The second-order valence-electron chi connectivity index (χ2n) is 4.61. The van der Waals surface area contributed by atoms with E-state index in [1.54, 1.807) is 0 Å². The van der Waals surface area contributed by atoms with E-state index in [0.29, 0.717) is 11.4 Å². The minimum atomic E-state index is -0.115. The molecule has 1 atom stereocenters. The summed E-state index contributed by atoms with van der Waals surface area (Å²) in [5.41, 5.74) is 9.42. The molecule has 2 rings (SSSR count). The fourth-order valence-electron chi connectivity index (χ4n) is 2.02. The first-order chi connectivity index (χ1) is 8.95. The zero-order valence-electron chi connectivity index (χ0n) is 10.5. The predicted molar refractivity (Wildman–Crippen MR) is 86.0 cm³/mol. The number of nitrogens with two attached hydrogens (primary N) is 1. The lowest BCUT2D eigenvalue weighted by Gasteiger charge is -2.14. The monoisotopic (exact) mass is 357 g/mol. The fraction of sp³-hybridized carbons (Fsp3) is 0.200. The van der Waals surface area contributed by atoms with Gasteiger partial charge in [0.2, 0.25) is 0 Å². The molecule has 4 heteroatoms. The maximum atomic E-state index is 6.24. The Morgan fingerprint density at radius 1 is 1.16 bits per heavy atom. The number of rotatable bonds is 3. The number of halogens is 3. The molecule has 2 N–H and O–H groups in total. The van der Waals surface area contributed by atoms with Crippen molar-refractivity contribution in [1.82, 2.24) is 0 Å². The van der Waals surface area contributed by atoms with Gasteiger partial charge in [0, 0.05) is 20.6 Å². The van der Waals surface area contributed by atoms with Gasteiger partial charge in [0.15, 0.2) is 0 Å². The van der Waals surface area contributed by atoms with E-state index in [-0.39, 0.29) is 6.04 Å². The van der Waals surface area contributed by atoms with Crippen LogP contribution < -0.4 is 5.73 Å². The number of benzene rings is 2. The third-order valence-electron chi connectivity index (χ3n) is 2.95. The molecule has 0 spiro atoms. The molecule has 1 unspecified atom stereocenters. The SMILES string of the molecule is Cc1cc(Cl)cc(C(N)Cc2ccc(Br)cc2Cl)c1. The fourth-order valence-corrected chi connectivity index (χ4v) is 3.07. The van der Waals surface area contributed by atoms with E-state index in [1.165, 1.54) is 0 Å². The van der Waals surface area contributed by atoms with Crippen LogP contribution in [0.25, 0.3) is 0 Å². The molecule has 0 fully saturated rings. The summed E-state index contributed by atoms with van der Waals surface area (Å²) < 4.78 is 0.966. The normalized spacial score (nSPS) is 12.5. The summed E-state index contributed by atoms with van der Waals surface area (Å²) in [6.45, 7) is 2.01. The van der Waals surface area contributed by atoms with Crippen LogP contribution in [0, 0.1) is 6.92 Å². The Balaban J connectivity index is 2.22. The van der Waals surface area contributed by atoms with Gasteiger partial charge in [-0.1, -0.05) is 51.3 Å². The average Bonchev–Trinajstić information content (AvgIpc) is 2.31. The van der Waals surface area contributed by atoms with E-state index in [0.717, 1.165) is 26.2 Å². The maximum absolute atomic E-state index is 6.24. The molecular formula is C15H14BrCl2N. The van der Waals surface area contributed by atoms with Crippen LogP contribution in [0.3, 0.4) is 0 Å². The van der Waals surface area contributed by atoms with Crippen LogP contribution in [0.15, 0.2) is 40.9 Å². The summed E-state index contributed by atoms with van der Waals surface area (Å²) in [6, 6.07) is 11.6. The molecule has 0 aliphatic rings. The molecule has 0 aliphatic heterocycles. The Hall–Kier alpha value is -0.540. The molecule has 0 radical (unpaired) electrons. The smallest absolute Gasteiger partial charge is 0.0449 e. The quantitative estimate of drug-likeness (QED) is 0.790. The zero-order valence-corrected chi connectivity index (χ0v) is 13.6. The van der Waals surface area contributed by atoms with Gasteiger partial charge in [0.25, 0.3) is 0 Å². The lowest BCUT2D eigenvalue weighted by Crippen LogP contribution is -2.13. The maximum Gasteiger partial charge on any atom is 0.0449 e. The predicted octanol–water partition coefficient (Wildman–Crippen LogP) is 5.31. The van der Waals surface area contributed by atoms with Gasteiger partial charge in [0.1, 0.15) is 0 Å². The Morgan fingerprint density at radius 3 is 2.53 bits per heavy atom. The van der Waals surface area contributed by atoms with Crippen LogP contribution in [-0.4, -0.2) is 0 Å². The zero-order chi connectivity index (χ0) is 14.0. The molecule has 2 aromatic rings. The van der Waals surface area contributed by atoms with Crippen molar-refractivity contribution in [1.29, 1.82) is 0 Å². The van der Waals surface area contributed by atoms with E-state index in [1.807, 2.05) is 37.3 Å². The molecule has 0 saturated heterocycles. The lowest BCUT2D eigenvalue weighted by molar-refractivity contribution is 0.721. The summed E-state index contributed by atoms with van der Waals surface area (Å²) in [6.07, 6.45) is 0.686. The van der Waals surface area contributed by atoms with Gasteiger partial charge in [-0.3, -0.25) is 0 Å². The number of hydrogen-bond donors (Lipinski definition) is 1. The first-order valence-corrected chi connectivity index (χ1v) is 7.47. The molecular weight excluding hydrogens is 345 g/mol. The third-order valence-corrected chi connectivity index (χ3v) is 4.01. The summed E-state index contributed by atoms with van der Waals surface area (Å²) in [7, 11) is 0. The Bertz CT molecular complexity index is 578. The van der Waals surface area contributed by atoms with Crippen molar-refractivity contribution in [3.8, 4) is 0 Å². The van der Waals surface area contributed by atoms with E-state index in [2.05, 4.69) is 22.0 Å². The van der Waals surface area contributed by atoms with E-state index >= 15 is 0 Å². The third kappa shape index (κ3) is 3.96. The first kappa shape index (κ1) is 14.9. The molecule has 0 saturated carbocycles. The van der Waals surface area contributed by atoms with Crippen LogP contribution in [0.2, 0.25) is 10.0 Å². The van der Waals surface area contributed by atoms with Gasteiger partial charge in [0.05, 0.1) is 0 Å². The highest BCUT2D eigenvalue weighted by atomic mass is 79.9. The molecule has 1 nitrogen and oxygen atoms in total. The van der Waals surface area contributed by atoms with Gasteiger partial charge >= 0.3 is 0 Å². The molecule has 0 heterocycles. The molecule has 0 bridgehead atoms. The van der Waals surface area contributed by atoms with Crippen LogP contribution in [0.5, 0.6) is 0 Å². The van der Waals surface area contributed by atoms with E-state index < -0.39 is 0 Å². The van der Waals surface area contributed by atoms with Crippen molar-refractivity contribution in [2.24, 2.45) is 5.73 Å². The summed E-state index contributed by atoms with van der Waals surface area (Å²) in [5, 5.41) is 1.44. The van der Waals surface area contributed by atoms with Gasteiger partial charge in [-0.05, 0) is 54.3 Å². The van der Waals surface area contributed by atoms with Gasteiger partial charge < -0.3 is 5.73 Å². The number of aryl methyl sites for hydroxylation is 1. The highest BCUT2D eigenvalue weighted by Gasteiger charge is 2.11. The molecule has 0 aliphatic carbocycles. The van der Waals surface area contributed by atoms with Crippen LogP contribution in [-0.2, 0) is 6.42 Å². The minimum Gasteiger partial charge on any atom is -0.324 e. The van der Waals surface area contributed by atoms with Gasteiger partial charge in [-0.15, -0.1) is 0 Å². The van der Waals surface area contributed by atoms with Crippen molar-refractivity contribution in [2.45, 2.75) is 19.4 Å². The molecule has 0 amide bonds. The summed E-state index contributed by atoms with van der Waals surface area (Å²) in [5.74, 6) is 0. The highest BCUT2D eigenvalue weighted by Crippen LogP contribution is 2.27. The van der Waals surface area contributed by atoms with Crippen molar-refractivity contribution < 1.29 is 0 Å². The molecule has 0 aromatic heterocycles. The average molecular weight is 359 g/mol. The van der Waals surface area contributed by atoms with Gasteiger partial charge in [-0.2, -0.15) is 0 Å². The molecule has 100 valence electrons. The Labute approximate surface area is 131 Å². The van der Waals surface area contributed by atoms with Crippen molar-refractivity contribution in [3.05, 3.63) is 67.6 Å². The highest BCUT2D eigenvalue weighted by molar-refractivity contribution is 9.10. The van der Waals surface area contributed by atoms with Crippen LogP contribution in [0.1, 0.15) is 22.7 Å². The summed E-state index contributed by atoms with van der Waals surface area (Å²) in [4.78, 5) is 0. The van der Waals surface area contributed by atoms with Crippen molar-refractivity contribution in [2.75, 3.05) is 0 Å². The number of hydrogen-bond acceptors (Lipinski definition) is 1. The van der Waals surface area contributed by atoms with Crippen LogP contribution >= 0.6 is 39.1 Å². The topological polar surface area (TPSA) is 26.0 Å². The Morgan fingerprint density at radius 2 is 1.89 bits per heavy atom. The standard InChI is InChI=1S/C15H14BrCl2N/c1-9-4-11(6-13(17)5-9)15(19)7-10-2-3-12(16)8-14(10)18/h2-6,8,15H,7,19H2,1H3. The van der Waals surface area contributed by atoms with Gasteiger partial charge in [-0.25, -0.2) is 0 Å².